The maximum atomic E-state index is 4.44. The number of hydrogen-bond acceptors (Lipinski definition) is 3. The van der Waals surface area contributed by atoms with Gasteiger partial charge in [0.05, 0.1) is 0 Å². The normalized spacial score (nSPS) is 26.2. The van der Waals surface area contributed by atoms with Gasteiger partial charge < -0.3 is 10.2 Å². The molecule has 2 rings (SSSR count). The van der Waals surface area contributed by atoms with Crippen molar-refractivity contribution >= 4 is 0 Å². The summed E-state index contributed by atoms with van der Waals surface area (Å²) in [5, 5.41) is 3.54. The van der Waals surface area contributed by atoms with Gasteiger partial charge in [-0.05, 0) is 51.4 Å². The third-order valence-corrected chi connectivity index (χ3v) is 5.01. The van der Waals surface area contributed by atoms with Gasteiger partial charge in [0.2, 0.25) is 0 Å². The number of hydrogen-bond donors (Lipinski definition) is 1. The summed E-state index contributed by atoms with van der Waals surface area (Å²) in [6.45, 7) is 3.41. The van der Waals surface area contributed by atoms with Crippen molar-refractivity contribution in [2.45, 2.75) is 57.5 Å². The Morgan fingerprint density at radius 2 is 2.19 bits per heavy atom. The molecule has 3 nitrogen and oxygen atoms in total. The summed E-state index contributed by atoms with van der Waals surface area (Å²) in [4.78, 5) is 6.99. The average molecular weight is 289 g/mol. The number of pyridine rings is 1. The highest BCUT2D eigenvalue weighted by atomic mass is 15.2. The van der Waals surface area contributed by atoms with Crippen molar-refractivity contribution in [1.29, 1.82) is 0 Å². The maximum Gasteiger partial charge on any atom is 0.0416 e. The molecule has 0 spiro atoms. The van der Waals surface area contributed by atoms with Gasteiger partial charge in [-0.2, -0.15) is 0 Å². The molecule has 118 valence electrons. The molecule has 1 heterocycles. The van der Waals surface area contributed by atoms with Crippen LogP contribution in [0.15, 0.2) is 24.4 Å². The van der Waals surface area contributed by atoms with Crippen LogP contribution in [0, 0.1) is 5.92 Å². The second-order valence-corrected chi connectivity index (χ2v) is 6.48. The van der Waals surface area contributed by atoms with E-state index < -0.39 is 0 Å². The molecule has 0 amide bonds. The molecule has 3 atom stereocenters. The Balaban J connectivity index is 1.89. The number of likely N-dealkylation sites (N-methyl/N-ethyl adjacent to an activating group) is 2. The second kappa shape index (κ2) is 8.50. The van der Waals surface area contributed by atoms with E-state index in [2.05, 4.69) is 48.4 Å². The zero-order chi connectivity index (χ0) is 15.1. The van der Waals surface area contributed by atoms with Crippen LogP contribution in [0.1, 0.15) is 44.7 Å². The van der Waals surface area contributed by atoms with Crippen LogP contribution in [0.5, 0.6) is 0 Å². The Kier molecular flexibility index (Phi) is 6.65. The minimum absolute atomic E-state index is 0.645. The number of rotatable bonds is 7. The van der Waals surface area contributed by atoms with Crippen molar-refractivity contribution in [2.75, 3.05) is 20.6 Å². The third kappa shape index (κ3) is 4.79. The van der Waals surface area contributed by atoms with E-state index in [4.69, 9.17) is 0 Å². The van der Waals surface area contributed by atoms with Crippen LogP contribution in [0.3, 0.4) is 0 Å². The lowest BCUT2D eigenvalue weighted by Gasteiger charge is -2.41. The van der Waals surface area contributed by atoms with Crippen molar-refractivity contribution in [1.82, 2.24) is 15.2 Å². The molecule has 1 aliphatic carbocycles. The Hall–Kier alpha value is -0.930. The van der Waals surface area contributed by atoms with Gasteiger partial charge in [-0.15, -0.1) is 0 Å². The van der Waals surface area contributed by atoms with Gasteiger partial charge in [-0.1, -0.05) is 25.8 Å². The quantitative estimate of drug-likeness (QED) is 0.836. The predicted octanol–water partition coefficient (Wildman–Crippen LogP) is 3.11. The van der Waals surface area contributed by atoms with Gasteiger partial charge in [0.15, 0.2) is 0 Å². The fourth-order valence-electron chi connectivity index (χ4n) is 3.73. The van der Waals surface area contributed by atoms with Crippen LogP contribution in [0.4, 0.5) is 0 Å². The van der Waals surface area contributed by atoms with E-state index >= 15 is 0 Å². The van der Waals surface area contributed by atoms with Gasteiger partial charge in [0, 0.05) is 36.9 Å². The van der Waals surface area contributed by atoms with E-state index in [9.17, 15) is 0 Å². The molecule has 3 unspecified atom stereocenters. The highest BCUT2D eigenvalue weighted by Crippen LogP contribution is 2.30. The maximum absolute atomic E-state index is 4.44. The molecule has 1 aliphatic rings. The van der Waals surface area contributed by atoms with Gasteiger partial charge in [-0.3, -0.25) is 4.98 Å². The van der Waals surface area contributed by atoms with Crippen LogP contribution in [-0.2, 0) is 6.42 Å². The van der Waals surface area contributed by atoms with Crippen LogP contribution in [0.25, 0.3) is 0 Å². The second-order valence-electron chi connectivity index (χ2n) is 6.48. The molecule has 1 aromatic rings. The van der Waals surface area contributed by atoms with Crippen molar-refractivity contribution in [3.8, 4) is 0 Å². The Morgan fingerprint density at radius 3 is 2.86 bits per heavy atom. The average Bonchev–Trinajstić information content (AvgIpc) is 2.54. The zero-order valence-corrected chi connectivity index (χ0v) is 13.9. The van der Waals surface area contributed by atoms with Crippen LogP contribution in [0.2, 0.25) is 0 Å². The molecule has 0 aromatic carbocycles. The van der Waals surface area contributed by atoms with Crippen molar-refractivity contribution < 1.29 is 0 Å². The first-order valence-corrected chi connectivity index (χ1v) is 8.52. The largest absolute Gasteiger partial charge is 0.315 e. The monoisotopic (exact) mass is 289 g/mol. The molecule has 3 heteroatoms. The van der Waals surface area contributed by atoms with E-state index in [1.54, 1.807) is 0 Å². The van der Waals surface area contributed by atoms with E-state index in [0.717, 1.165) is 18.9 Å². The topological polar surface area (TPSA) is 28.2 Å². The van der Waals surface area contributed by atoms with E-state index in [1.807, 2.05) is 12.3 Å². The summed E-state index contributed by atoms with van der Waals surface area (Å²) in [6, 6.07) is 7.51. The van der Waals surface area contributed by atoms with Gasteiger partial charge in [-0.25, -0.2) is 0 Å². The molecule has 0 aliphatic heterocycles. The summed E-state index contributed by atoms with van der Waals surface area (Å²) in [5.41, 5.74) is 1.20. The third-order valence-electron chi connectivity index (χ3n) is 5.01. The van der Waals surface area contributed by atoms with Gasteiger partial charge >= 0.3 is 0 Å². The molecule has 1 N–H and O–H groups in total. The standard InChI is InChI=1S/C18H31N3/c1-4-7-15-9-10-17(19-2)18(14-15)21(3)13-11-16-8-5-6-12-20-16/h5-6,8,12,15,17-19H,4,7,9-11,13-14H2,1-3H3. The van der Waals surface area contributed by atoms with Crippen molar-refractivity contribution in [2.24, 2.45) is 5.92 Å². The molecule has 0 bridgehead atoms. The molecular formula is C18H31N3. The first-order valence-electron chi connectivity index (χ1n) is 8.52. The highest BCUT2D eigenvalue weighted by Gasteiger charge is 2.31. The number of nitrogens with zero attached hydrogens (tertiary/aromatic N) is 2. The fraction of sp³-hybridized carbons (Fsp3) is 0.722. The fourth-order valence-corrected chi connectivity index (χ4v) is 3.73. The lowest BCUT2D eigenvalue weighted by Crippen LogP contribution is -2.51. The van der Waals surface area contributed by atoms with Crippen LogP contribution < -0.4 is 5.32 Å². The minimum Gasteiger partial charge on any atom is -0.315 e. The summed E-state index contributed by atoms with van der Waals surface area (Å²) >= 11 is 0. The molecule has 1 aromatic heterocycles. The number of aromatic nitrogens is 1. The minimum atomic E-state index is 0.645. The van der Waals surface area contributed by atoms with Gasteiger partial charge in [0.25, 0.3) is 0 Å². The van der Waals surface area contributed by atoms with E-state index in [1.165, 1.54) is 37.8 Å². The number of nitrogens with one attached hydrogen (secondary N) is 1. The summed E-state index contributed by atoms with van der Waals surface area (Å²) in [5.74, 6) is 0.918. The lowest BCUT2D eigenvalue weighted by atomic mass is 9.79. The molecule has 0 saturated heterocycles. The predicted molar refractivity (Wildman–Crippen MR) is 89.5 cm³/mol. The van der Waals surface area contributed by atoms with Crippen molar-refractivity contribution in [3.05, 3.63) is 30.1 Å². The summed E-state index contributed by atoms with van der Waals surface area (Å²) in [6.07, 6.45) is 9.70. The van der Waals surface area contributed by atoms with Gasteiger partial charge in [0.1, 0.15) is 0 Å². The SMILES string of the molecule is CCCC1CCC(NC)C(N(C)CCc2ccccn2)C1. The Morgan fingerprint density at radius 1 is 1.33 bits per heavy atom. The molecule has 1 saturated carbocycles. The summed E-state index contributed by atoms with van der Waals surface area (Å²) in [7, 11) is 4.40. The first kappa shape index (κ1) is 16.4. The zero-order valence-electron chi connectivity index (χ0n) is 13.9. The highest BCUT2D eigenvalue weighted by molar-refractivity contribution is 5.04. The Bertz CT molecular complexity index is 393. The van der Waals surface area contributed by atoms with E-state index in [-0.39, 0.29) is 0 Å². The van der Waals surface area contributed by atoms with Crippen LogP contribution >= 0.6 is 0 Å². The molecule has 1 fully saturated rings. The lowest BCUT2D eigenvalue weighted by molar-refractivity contribution is 0.120. The van der Waals surface area contributed by atoms with E-state index in [0.29, 0.717) is 12.1 Å². The Labute approximate surface area is 130 Å². The summed E-state index contributed by atoms with van der Waals surface area (Å²) < 4.78 is 0. The smallest absolute Gasteiger partial charge is 0.0416 e. The van der Waals surface area contributed by atoms with Crippen LogP contribution in [-0.4, -0.2) is 42.6 Å². The molecular weight excluding hydrogens is 258 g/mol. The molecule has 21 heavy (non-hydrogen) atoms. The van der Waals surface area contributed by atoms with Crippen molar-refractivity contribution in [3.63, 3.8) is 0 Å². The first-order chi connectivity index (χ1) is 10.2. The molecule has 0 radical (unpaired) electrons.